The van der Waals surface area contributed by atoms with Gasteiger partial charge in [0.05, 0.1) is 18.8 Å². The van der Waals surface area contributed by atoms with Crippen LogP contribution in [0.2, 0.25) is 0 Å². The van der Waals surface area contributed by atoms with E-state index in [4.69, 9.17) is 0 Å². The zero-order valence-corrected chi connectivity index (χ0v) is 31.5. The number of carbonyl (C=O) groups excluding carboxylic acids is 1. The van der Waals surface area contributed by atoms with Crippen LogP contribution in [0.5, 0.6) is 0 Å². The molecule has 4 nitrogen and oxygen atoms in total. The van der Waals surface area contributed by atoms with Gasteiger partial charge < -0.3 is 15.5 Å². The Morgan fingerprint density at radius 1 is 0.521 bits per heavy atom. The minimum atomic E-state index is -0.681. The Balaban J connectivity index is 3.69. The quantitative estimate of drug-likeness (QED) is 0.0465. The van der Waals surface area contributed by atoms with Crippen LogP contribution in [-0.4, -0.2) is 34.9 Å². The van der Waals surface area contributed by atoms with Gasteiger partial charge in [0.15, 0.2) is 0 Å². The van der Waals surface area contributed by atoms with E-state index in [-0.39, 0.29) is 12.5 Å². The number of aliphatic hydroxyl groups excluding tert-OH is 2. The van der Waals surface area contributed by atoms with Crippen LogP contribution >= 0.6 is 0 Å². The Morgan fingerprint density at radius 2 is 0.917 bits per heavy atom. The highest BCUT2D eigenvalue weighted by Gasteiger charge is 2.19. The molecule has 0 aromatic rings. The van der Waals surface area contributed by atoms with Crippen molar-refractivity contribution in [3.8, 4) is 0 Å². The highest BCUT2D eigenvalue weighted by molar-refractivity contribution is 5.76. The van der Waals surface area contributed by atoms with Crippen molar-refractivity contribution in [2.45, 2.75) is 193 Å². The van der Waals surface area contributed by atoms with E-state index in [1.54, 1.807) is 0 Å². The van der Waals surface area contributed by atoms with Crippen LogP contribution in [0.15, 0.2) is 72.9 Å². The summed E-state index contributed by atoms with van der Waals surface area (Å²) in [5, 5.41) is 23.1. The predicted octanol–water partition coefficient (Wildman–Crippen LogP) is 12.3. The number of allylic oxidation sites excluding steroid dienone is 12. The Labute approximate surface area is 298 Å². The second-order valence-electron chi connectivity index (χ2n) is 13.3. The smallest absolute Gasteiger partial charge is 0.220 e. The molecule has 0 rings (SSSR count). The first kappa shape index (κ1) is 45.8. The first-order valence-corrected chi connectivity index (χ1v) is 20.1. The number of carbonyl (C=O) groups is 1. The first-order valence-electron chi connectivity index (χ1n) is 20.1. The number of unbranched alkanes of at least 4 members (excludes halogenated alkanes) is 16. The third-order valence-electron chi connectivity index (χ3n) is 8.73. The number of aliphatic hydroxyl groups is 2. The molecule has 0 aromatic carbocycles. The average Bonchev–Trinajstić information content (AvgIpc) is 3.09. The van der Waals surface area contributed by atoms with E-state index in [1.165, 1.54) is 83.5 Å². The van der Waals surface area contributed by atoms with Crippen molar-refractivity contribution in [2.75, 3.05) is 6.61 Å². The van der Waals surface area contributed by atoms with Crippen molar-refractivity contribution in [1.82, 2.24) is 5.32 Å². The maximum absolute atomic E-state index is 12.4. The predicted molar refractivity (Wildman–Crippen MR) is 211 cm³/mol. The fraction of sp³-hybridized carbons (Fsp3) is 0.705. The van der Waals surface area contributed by atoms with Crippen LogP contribution in [0.1, 0.15) is 181 Å². The topological polar surface area (TPSA) is 69.6 Å². The zero-order chi connectivity index (χ0) is 35.0. The molecule has 0 aliphatic rings. The molecule has 0 fully saturated rings. The summed E-state index contributed by atoms with van der Waals surface area (Å²) >= 11 is 0. The molecular formula is C44H77NO3. The first-order chi connectivity index (χ1) is 23.7. The Kier molecular flexibility index (Phi) is 37.5. The van der Waals surface area contributed by atoms with Crippen molar-refractivity contribution in [3.63, 3.8) is 0 Å². The lowest BCUT2D eigenvalue weighted by atomic mass is 10.0. The van der Waals surface area contributed by atoms with Crippen LogP contribution in [0.4, 0.5) is 0 Å². The molecule has 0 heterocycles. The maximum Gasteiger partial charge on any atom is 0.220 e. The number of nitrogens with one attached hydrogen (secondary N) is 1. The summed E-state index contributed by atoms with van der Waals surface area (Å²) in [5.74, 6) is -0.0765. The van der Waals surface area contributed by atoms with Gasteiger partial charge in [0, 0.05) is 6.42 Å². The molecule has 0 spiro atoms. The lowest BCUT2D eigenvalue weighted by Crippen LogP contribution is -2.45. The number of hydrogen-bond donors (Lipinski definition) is 3. The monoisotopic (exact) mass is 668 g/mol. The summed E-state index contributed by atoms with van der Waals surface area (Å²) in [4.78, 5) is 12.4. The van der Waals surface area contributed by atoms with Gasteiger partial charge in [-0.25, -0.2) is 0 Å². The second-order valence-corrected chi connectivity index (χ2v) is 13.3. The Morgan fingerprint density at radius 3 is 1.33 bits per heavy atom. The molecule has 0 aliphatic carbocycles. The fourth-order valence-corrected chi connectivity index (χ4v) is 5.66. The molecule has 0 aliphatic heterocycles. The SMILES string of the molecule is CC/C=C\C/C=C\C/C=C\C/C=C\C/C=C\C/C=C\CCCCC(=O)NC(CO)C(O)CCCCCCCCCCCCCCCCC. The number of rotatable bonds is 35. The van der Waals surface area contributed by atoms with E-state index < -0.39 is 12.1 Å². The van der Waals surface area contributed by atoms with Gasteiger partial charge >= 0.3 is 0 Å². The van der Waals surface area contributed by atoms with Gasteiger partial charge in [-0.15, -0.1) is 0 Å². The molecule has 0 saturated heterocycles. The lowest BCUT2D eigenvalue weighted by Gasteiger charge is -2.22. The van der Waals surface area contributed by atoms with Crippen molar-refractivity contribution >= 4 is 5.91 Å². The molecular weight excluding hydrogens is 590 g/mol. The van der Waals surface area contributed by atoms with Crippen molar-refractivity contribution < 1.29 is 15.0 Å². The van der Waals surface area contributed by atoms with Gasteiger partial charge in [0.1, 0.15) is 0 Å². The van der Waals surface area contributed by atoms with Crippen molar-refractivity contribution in [3.05, 3.63) is 72.9 Å². The number of amides is 1. The molecule has 48 heavy (non-hydrogen) atoms. The average molecular weight is 668 g/mol. The van der Waals surface area contributed by atoms with Gasteiger partial charge in [-0.2, -0.15) is 0 Å². The third-order valence-corrected chi connectivity index (χ3v) is 8.73. The normalized spacial score (nSPS) is 13.8. The summed E-state index contributed by atoms with van der Waals surface area (Å²) in [6.45, 7) is 4.21. The molecule has 2 unspecified atom stereocenters. The highest BCUT2D eigenvalue weighted by Crippen LogP contribution is 2.15. The lowest BCUT2D eigenvalue weighted by molar-refractivity contribution is -0.123. The minimum Gasteiger partial charge on any atom is -0.394 e. The van der Waals surface area contributed by atoms with Gasteiger partial charge in [0.2, 0.25) is 5.91 Å². The second kappa shape index (κ2) is 39.3. The Hall–Kier alpha value is -2.17. The number of hydrogen-bond acceptors (Lipinski definition) is 3. The summed E-state index contributed by atoms with van der Waals surface area (Å²) in [6, 6.07) is -0.562. The molecule has 3 N–H and O–H groups in total. The van der Waals surface area contributed by atoms with Crippen LogP contribution < -0.4 is 5.32 Å². The Bertz CT molecular complexity index is 853. The van der Waals surface area contributed by atoms with Crippen LogP contribution in [0.25, 0.3) is 0 Å². The summed E-state index contributed by atoms with van der Waals surface area (Å²) < 4.78 is 0. The van der Waals surface area contributed by atoms with Gasteiger partial charge in [0.25, 0.3) is 0 Å². The molecule has 1 amide bonds. The molecule has 2 atom stereocenters. The summed E-state index contributed by atoms with van der Waals surface area (Å²) in [5.41, 5.74) is 0. The van der Waals surface area contributed by atoms with Crippen LogP contribution in [0.3, 0.4) is 0 Å². The van der Waals surface area contributed by atoms with E-state index in [9.17, 15) is 15.0 Å². The molecule has 0 radical (unpaired) electrons. The molecule has 0 aromatic heterocycles. The summed E-state index contributed by atoms with van der Waals surface area (Å²) in [7, 11) is 0. The molecule has 0 bridgehead atoms. The zero-order valence-electron chi connectivity index (χ0n) is 31.5. The van der Waals surface area contributed by atoms with Crippen molar-refractivity contribution in [1.29, 1.82) is 0 Å². The van der Waals surface area contributed by atoms with E-state index in [2.05, 4.69) is 92.1 Å². The molecule has 4 heteroatoms. The third kappa shape index (κ3) is 35.1. The highest BCUT2D eigenvalue weighted by atomic mass is 16.3. The van der Waals surface area contributed by atoms with Crippen molar-refractivity contribution in [2.24, 2.45) is 0 Å². The van der Waals surface area contributed by atoms with Gasteiger partial charge in [-0.1, -0.05) is 183 Å². The van der Waals surface area contributed by atoms with E-state index in [0.717, 1.165) is 70.6 Å². The standard InChI is InChI=1S/C44H77NO3/c1-3-5-7-9-11-13-15-17-19-20-21-22-23-24-26-28-30-32-34-36-38-40-44(48)45-42(41-46)43(47)39-37-35-33-31-29-27-25-18-16-14-12-10-8-6-4-2/h5,7,11,13,17,19,21-22,24,26,30,32,42-43,46-47H,3-4,6,8-10,12,14-16,18,20,23,25,27-29,31,33-41H2,1-2H3,(H,45,48)/b7-5-,13-11-,19-17-,22-21-,26-24-,32-30-. The van der Waals surface area contributed by atoms with E-state index >= 15 is 0 Å². The van der Waals surface area contributed by atoms with Gasteiger partial charge in [-0.3, -0.25) is 4.79 Å². The van der Waals surface area contributed by atoms with E-state index in [1.807, 2.05) is 0 Å². The van der Waals surface area contributed by atoms with Crippen LogP contribution in [-0.2, 0) is 4.79 Å². The summed E-state index contributed by atoms with van der Waals surface area (Å²) in [6.07, 6.45) is 55.3. The van der Waals surface area contributed by atoms with E-state index in [0.29, 0.717) is 12.8 Å². The molecule has 276 valence electrons. The van der Waals surface area contributed by atoms with Crippen LogP contribution in [0, 0.1) is 0 Å². The minimum absolute atomic E-state index is 0.0765. The maximum atomic E-state index is 12.4. The van der Waals surface area contributed by atoms with Gasteiger partial charge in [-0.05, 0) is 64.2 Å². The fourth-order valence-electron chi connectivity index (χ4n) is 5.66. The molecule has 0 saturated carbocycles. The largest absolute Gasteiger partial charge is 0.394 e.